The first kappa shape index (κ1) is 16.5. The lowest BCUT2D eigenvalue weighted by molar-refractivity contribution is -0.311. The number of para-hydroxylation sites is 1. The van der Waals surface area contributed by atoms with Crippen LogP contribution in [0.2, 0.25) is 0 Å². The Labute approximate surface area is 146 Å². The summed E-state index contributed by atoms with van der Waals surface area (Å²) in [4.78, 5) is 27.9. The molecule has 0 bridgehead atoms. The van der Waals surface area contributed by atoms with Crippen LogP contribution in [0.3, 0.4) is 0 Å². The average molecular weight is 361 g/mol. The monoisotopic (exact) mass is 361 g/mol. The van der Waals surface area contributed by atoms with Crippen molar-refractivity contribution in [1.29, 1.82) is 0 Å². The number of aliphatic carboxylic acids is 1. The third-order valence-corrected chi connectivity index (χ3v) is 5.21. The molecule has 8 heteroatoms. The van der Waals surface area contributed by atoms with Gasteiger partial charge < -0.3 is 15.0 Å². The zero-order valence-corrected chi connectivity index (χ0v) is 14.5. The Morgan fingerprint density at radius 1 is 1.38 bits per heavy atom. The quantitative estimate of drug-likeness (QED) is 0.790. The summed E-state index contributed by atoms with van der Waals surface area (Å²) in [5, 5.41) is 23.2. The minimum atomic E-state index is -1.34. The molecule has 1 aromatic heterocycles. The number of aromatic hydroxyl groups is 1. The summed E-state index contributed by atoms with van der Waals surface area (Å²) in [6.45, 7) is 3.38. The Morgan fingerprint density at radius 3 is 2.67 bits per heavy atom. The molecule has 0 unspecified atom stereocenters. The van der Waals surface area contributed by atoms with Crippen LogP contribution >= 0.6 is 23.6 Å². The van der Waals surface area contributed by atoms with E-state index in [1.165, 1.54) is 0 Å². The van der Waals surface area contributed by atoms with E-state index in [1.54, 1.807) is 38.1 Å². The van der Waals surface area contributed by atoms with Crippen molar-refractivity contribution in [3.05, 3.63) is 43.7 Å². The lowest BCUT2D eigenvalue weighted by atomic mass is 10.0. The maximum Gasteiger partial charge on any atom is 0.279 e. The number of carbonyl (C=O) groups excluding carboxylic acids is 2. The van der Waals surface area contributed by atoms with Crippen molar-refractivity contribution in [3.63, 3.8) is 0 Å². The van der Waals surface area contributed by atoms with Crippen molar-refractivity contribution in [2.75, 3.05) is 0 Å². The highest BCUT2D eigenvalue weighted by Gasteiger charge is 2.29. The molecule has 0 spiro atoms. The van der Waals surface area contributed by atoms with Crippen molar-refractivity contribution in [1.82, 2.24) is 4.57 Å². The summed E-state index contributed by atoms with van der Waals surface area (Å²) >= 11 is 6.21. The van der Waals surface area contributed by atoms with Gasteiger partial charge in [0.05, 0.1) is 22.9 Å². The molecule has 3 rings (SSSR count). The maximum atomic E-state index is 12.3. The van der Waals surface area contributed by atoms with Gasteiger partial charge in [-0.3, -0.25) is 9.36 Å². The first-order chi connectivity index (χ1) is 11.3. The molecule has 0 aliphatic carbocycles. The van der Waals surface area contributed by atoms with E-state index in [1.807, 2.05) is 0 Å². The molecule has 2 aromatic rings. The van der Waals surface area contributed by atoms with Crippen molar-refractivity contribution in [2.24, 2.45) is 10.9 Å². The van der Waals surface area contributed by atoms with Gasteiger partial charge in [0, 0.05) is 5.22 Å². The van der Waals surface area contributed by atoms with E-state index in [0.717, 1.165) is 15.9 Å². The van der Waals surface area contributed by atoms with Crippen LogP contribution in [0.4, 0.5) is 0 Å². The highest BCUT2D eigenvalue weighted by Crippen LogP contribution is 2.36. The Morgan fingerprint density at radius 2 is 2.04 bits per heavy atom. The Kier molecular flexibility index (Phi) is 4.10. The summed E-state index contributed by atoms with van der Waals surface area (Å²) < 4.78 is 1.30. The molecule has 1 N–H and O–H groups in total. The van der Waals surface area contributed by atoms with Crippen molar-refractivity contribution < 1.29 is 19.8 Å². The van der Waals surface area contributed by atoms with Crippen molar-refractivity contribution in [2.45, 2.75) is 19.9 Å². The number of fused-ring (bicyclic) bond motifs is 1. The van der Waals surface area contributed by atoms with E-state index in [4.69, 9.17) is 12.2 Å². The standard InChI is InChI=1S/C16H14N2O4S2/c1-7(2)11(15(21)22)18-14(20)12(24-16(18)23)10-8-5-3-4-6-9(8)17-13(10)19/h3-7,11,20H,1-2H3,(H,21,22)/p-1/t11-/m1/s1. The minimum Gasteiger partial charge on any atom is -0.548 e. The molecule has 0 saturated carbocycles. The summed E-state index contributed by atoms with van der Waals surface area (Å²) in [5.74, 6) is -2.52. The average Bonchev–Trinajstić information content (AvgIpc) is 2.97. The van der Waals surface area contributed by atoms with Crippen LogP contribution in [-0.2, 0) is 9.59 Å². The normalized spacial score (nSPS) is 14.6. The second-order valence-corrected chi connectivity index (χ2v) is 7.35. The van der Waals surface area contributed by atoms with E-state index >= 15 is 0 Å². The smallest absolute Gasteiger partial charge is 0.279 e. The van der Waals surface area contributed by atoms with Crippen LogP contribution in [-0.4, -0.2) is 21.6 Å². The van der Waals surface area contributed by atoms with Gasteiger partial charge in [-0.25, -0.2) is 4.99 Å². The predicted molar refractivity (Wildman–Crippen MR) is 88.4 cm³/mol. The van der Waals surface area contributed by atoms with E-state index < -0.39 is 17.9 Å². The molecule has 1 aliphatic heterocycles. The lowest BCUT2D eigenvalue weighted by Crippen LogP contribution is -2.36. The fourth-order valence-electron chi connectivity index (χ4n) is 2.74. The molecular formula is C16H13N2O4S2-. The second kappa shape index (κ2) is 5.95. The number of thiazole rings is 1. The number of nitrogens with zero attached hydrogens (tertiary/aromatic N) is 2. The first-order valence-corrected chi connectivity index (χ1v) is 8.43. The fourth-order valence-corrected chi connectivity index (χ4v) is 4.16. The summed E-state index contributed by atoms with van der Waals surface area (Å²) in [6, 6.07) is 5.83. The van der Waals surface area contributed by atoms with Gasteiger partial charge in [0.1, 0.15) is 4.88 Å². The first-order valence-electron chi connectivity index (χ1n) is 7.21. The number of carbonyl (C=O) groups is 2. The number of carboxylic acids is 1. The van der Waals surface area contributed by atoms with Gasteiger partial charge in [-0.15, -0.1) is 11.3 Å². The van der Waals surface area contributed by atoms with Gasteiger partial charge in [-0.2, -0.15) is 0 Å². The summed E-state index contributed by atoms with van der Waals surface area (Å²) in [7, 11) is 0. The van der Waals surface area contributed by atoms with E-state index in [-0.39, 0.29) is 26.2 Å². The zero-order chi connectivity index (χ0) is 17.6. The maximum absolute atomic E-state index is 12.3. The third-order valence-electron chi connectivity index (χ3n) is 3.80. The van der Waals surface area contributed by atoms with Gasteiger partial charge in [-0.05, 0) is 24.2 Å². The molecule has 1 atom stereocenters. The largest absolute Gasteiger partial charge is 0.548 e. The molecule has 1 aliphatic rings. The van der Waals surface area contributed by atoms with Crippen LogP contribution < -0.4 is 15.7 Å². The van der Waals surface area contributed by atoms with Gasteiger partial charge in [0.25, 0.3) is 5.91 Å². The number of benzene rings is 1. The van der Waals surface area contributed by atoms with Gasteiger partial charge >= 0.3 is 0 Å². The van der Waals surface area contributed by atoms with Crippen LogP contribution in [0.5, 0.6) is 5.88 Å². The molecule has 0 radical (unpaired) electrons. The van der Waals surface area contributed by atoms with Crippen LogP contribution in [0.15, 0.2) is 29.3 Å². The van der Waals surface area contributed by atoms with E-state index in [2.05, 4.69) is 4.99 Å². The SMILES string of the molecule is CC(C)[C@H](C(=O)[O-])n1c(O)c(C2=c3ccccc3=NC2=O)sc1=S. The molecule has 6 nitrogen and oxygen atoms in total. The Bertz CT molecular complexity index is 1030. The molecule has 24 heavy (non-hydrogen) atoms. The highest BCUT2D eigenvalue weighted by atomic mass is 32.1. The predicted octanol–water partition coefficient (Wildman–Crippen LogP) is 0.290. The lowest BCUT2D eigenvalue weighted by Gasteiger charge is -2.24. The number of hydrogen-bond acceptors (Lipinski definition) is 6. The second-order valence-electron chi connectivity index (χ2n) is 5.71. The number of amides is 1. The van der Waals surface area contributed by atoms with Gasteiger partial charge in [0.2, 0.25) is 5.88 Å². The third kappa shape index (κ3) is 2.47. The molecule has 0 fully saturated rings. The number of rotatable bonds is 4. The Balaban J connectivity index is 2.30. The number of hydrogen-bond donors (Lipinski definition) is 1. The zero-order valence-electron chi connectivity index (χ0n) is 12.8. The Hall–Kier alpha value is -2.32. The van der Waals surface area contributed by atoms with Crippen LogP contribution in [0.1, 0.15) is 24.8 Å². The molecule has 124 valence electrons. The topological polar surface area (TPSA) is 94.7 Å². The van der Waals surface area contributed by atoms with Crippen molar-refractivity contribution >= 4 is 41.0 Å². The molecule has 1 amide bonds. The van der Waals surface area contributed by atoms with Crippen LogP contribution in [0.25, 0.3) is 5.57 Å². The number of aromatic nitrogens is 1. The van der Waals surface area contributed by atoms with Crippen molar-refractivity contribution in [3.8, 4) is 5.88 Å². The van der Waals surface area contributed by atoms with E-state index in [0.29, 0.717) is 10.6 Å². The molecule has 0 saturated heterocycles. The van der Waals surface area contributed by atoms with Crippen LogP contribution in [0, 0.1) is 9.87 Å². The van der Waals surface area contributed by atoms with Gasteiger partial charge in [-0.1, -0.05) is 32.0 Å². The summed E-state index contributed by atoms with van der Waals surface area (Å²) in [5.41, 5.74) is 0.235. The van der Waals surface area contributed by atoms with E-state index in [9.17, 15) is 19.8 Å². The minimum absolute atomic E-state index is 0.162. The summed E-state index contributed by atoms with van der Waals surface area (Å²) in [6.07, 6.45) is 0. The number of carboxylic acid groups (broad SMARTS) is 1. The highest BCUT2D eigenvalue weighted by molar-refractivity contribution is 7.73. The van der Waals surface area contributed by atoms with Gasteiger partial charge in [0.15, 0.2) is 3.95 Å². The molecular weight excluding hydrogens is 348 g/mol. The fraction of sp³-hybridized carbons (Fsp3) is 0.250. The molecule has 1 aromatic carbocycles. The molecule has 2 heterocycles.